The molecule has 0 saturated carbocycles. The van der Waals surface area contributed by atoms with Gasteiger partial charge in [-0.05, 0) is 12.0 Å². The molecule has 0 bridgehead atoms. The van der Waals surface area contributed by atoms with Gasteiger partial charge in [-0.15, -0.1) is 0 Å². The van der Waals surface area contributed by atoms with Crippen LogP contribution in [0.15, 0.2) is 52.2 Å². The number of nitrogens with zero attached hydrogens (tertiary/aromatic N) is 1. The van der Waals surface area contributed by atoms with Gasteiger partial charge in [0.15, 0.2) is 6.61 Å². The van der Waals surface area contributed by atoms with E-state index in [0.29, 0.717) is 0 Å². The molecule has 2 N–H and O–H groups in total. The van der Waals surface area contributed by atoms with Crippen molar-refractivity contribution in [1.29, 1.82) is 0 Å². The molecule has 26 heavy (non-hydrogen) atoms. The van der Waals surface area contributed by atoms with Gasteiger partial charge in [0.1, 0.15) is 6.54 Å². The molecular weight excluding hydrogens is 338 g/mol. The minimum atomic E-state index is -0.749. The lowest BCUT2D eigenvalue weighted by atomic mass is 10.0. The smallest absolute Gasteiger partial charge is 0.328 e. The van der Waals surface area contributed by atoms with Crippen molar-refractivity contribution < 1.29 is 14.3 Å². The lowest BCUT2D eigenvalue weighted by Crippen LogP contribution is -2.34. The van der Waals surface area contributed by atoms with E-state index in [1.165, 1.54) is 6.20 Å². The Labute approximate surface area is 149 Å². The molecule has 1 amide bonds. The summed E-state index contributed by atoms with van der Waals surface area (Å²) in [6, 6.07) is 10.5. The molecule has 2 aromatic rings. The Morgan fingerprint density at radius 1 is 1.19 bits per heavy atom. The fraction of sp³-hybridized carbons (Fsp3) is 0.333. The standard InChI is InChI=1S/C18H21N3O5/c1-2-6-14(13-7-4-3-5-8-13)19-16(23)12-26-17(24)11-21-10-9-15(22)20-18(21)25/h3-5,7-10,14H,2,6,11-12H2,1H3,(H,19,23)(H,20,22,25)/t14-/m0/s1. The number of amides is 1. The average molecular weight is 359 g/mol. The van der Waals surface area contributed by atoms with Gasteiger partial charge in [-0.3, -0.25) is 23.9 Å². The third-order valence-electron chi connectivity index (χ3n) is 3.68. The number of hydrogen-bond acceptors (Lipinski definition) is 5. The zero-order valence-corrected chi connectivity index (χ0v) is 14.4. The van der Waals surface area contributed by atoms with Crippen LogP contribution < -0.4 is 16.6 Å². The first-order chi connectivity index (χ1) is 12.5. The minimum Gasteiger partial charge on any atom is -0.454 e. The van der Waals surface area contributed by atoms with Gasteiger partial charge in [0.25, 0.3) is 11.5 Å². The Hall–Kier alpha value is -3.16. The van der Waals surface area contributed by atoms with Crippen molar-refractivity contribution in [1.82, 2.24) is 14.9 Å². The number of H-pyrrole nitrogens is 1. The van der Waals surface area contributed by atoms with E-state index in [0.717, 1.165) is 29.0 Å². The van der Waals surface area contributed by atoms with Gasteiger partial charge in [-0.1, -0.05) is 43.7 Å². The monoisotopic (exact) mass is 359 g/mol. The number of rotatable bonds is 8. The van der Waals surface area contributed by atoms with Crippen LogP contribution >= 0.6 is 0 Å². The Morgan fingerprint density at radius 2 is 1.92 bits per heavy atom. The maximum Gasteiger partial charge on any atom is 0.328 e. The molecule has 0 aliphatic heterocycles. The molecule has 0 spiro atoms. The fourth-order valence-corrected chi connectivity index (χ4v) is 2.43. The van der Waals surface area contributed by atoms with Crippen molar-refractivity contribution in [2.75, 3.05) is 6.61 Å². The molecule has 8 heteroatoms. The number of carbonyl (C=O) groups excluding carboxylic acids is 2. The quantitative estimate of drug-likeness (QED) is 0.676. The largest absolute Gasteiger partial charge is 0.454 e. The number of benzene rings is 1. The van der Waals surface area contributed by atoms with Crippen LogP contribution in [0.5, 0.6) is 0 Å². The van der Waals surface area contributed by atoms with Crippen LogP contribution in [-0.4, -0.2) is 28.0 Å². The van der Waals surface area contributed by atoms with E-state index in [4.69, 9.17) is 4.74 Å². The second-order valence-electron chi connectivity index (χ2n) is 5.72. The number of ether oxygens (including phenoxy) is 1. The number of nitrogens with one attached hydrogen (secondary N) is 2. The van der Waals surface area contributed by atoms with Gasteiger partial charge in [-0.2, -0.15) is 0 Å². The van der Waals surface area contributed by atoms with Crippen LogP contribution in [0.3, 0.4) is 0 Å². The second-order valence-corrected chi connectivity index (χ2v) is 5.72. The normalized spacial score (nSPS) is 11.6. The molecule has 1 aromatic heterocycles. The summed E-state index contributed by atoms with van der Waals surface area (Å²) in [6.07, 6.45) is 2.83. The Kier molecular flexibility index (Phi) is 6.90. The SMILES string of the molecule is CCC[C@H](NC(=O)COC(=O)Cn1ccc(=O)[nH]c1=O)c1ccccc1. The van der Waals surface area contributed by atoms with Crippen molar-refractivity contribution in [3.05, 3.63) is 69.0 Å². The van der Waals surface area contributed by atoms with Crippen LogP contribution in [0.25, 0.3) is 0 Å². The van der Waals surface area contributed by atoms with Crippen LogP contribution in [0, 0.1) is 0 Å². The highest BCUT2D eigenvalue weighted by atomic mass is 16.5. The third kappa shape index (κ3) is 5.73. The van der Waals surface area contributed by atoms with Gasteiger partial charge in [0.2, 0.25) is 0 Å². The number of hydrogen-bond donors (Lipinski definition) is 2. The molecule has 0 fully saturated rings. The van der Waals surface area contributed by atoms with Crippen LogP contribution in [-0.2, 0) is 20.9 Å². The zero-order valence-electron chi connectivity index (χ0n) is 14.4. The number of aromatic nitrogens is 2. The van der Waals surface area contributed by atoms with Gasteiger partial charge in [0, 0.05) is 12.3 Å². The Balaban J connectivity index is 1.87. The summed E-state index contributed by atoms with van der Waals surface area (Å²) >= 11 is 0. The first-order valence-electron chi connectivity index (χ1n) is 8.29. The van der Waals surface area contributed by atoms with Gasteiger partial charge >= 0.3 is 11.7 Å². The minimum absolute atomic E-state index is 0.158. The van der Waals surface area contributed by atoms with E-state index in [9.17, 15) is 19.2 Å². The summed E-state index contributed by atoms with van der Waals surface area (Å²) < 4.78 is 5.90. The van der Waals surface area contributed by atoms with E-state index in [1.807, 2.05) is 42.2 Å². The highest BCUT2D eigenvalue weighted by Crippen LogP contribution is 2.17. The van der Waals surface area contributed by atoms with Gasteiger partial charge in [0.05, 0.1) is 6.04 Å². The molecule has 8 nitrogen and oxygen atoms in total. The van der Waals surface area contributed by atoms with Crippen molar-refractivity contribution in [3.63, 3.8) is 0 Å². The average Bonchev–Trinajstić information content (AvgIpc) is 2.63. The first kappa shape index (κ1) is 19.2. The predicted octanol–water partition coefficient (Wildman–Crippen LogP) is 0.737. The van der Waals surface area contributed by atoms with E-state index >= 15 is 0 Å². The van der Waals surface area contributed by atoms with E-state index in [-0.39, 0.29) is 12.6 Å². The fourth-order valence-electron chi connectivity index (χ4n) is 2.43. The summed E-state index contributed by atoms with van der Waals surface area (Å²) in [4.78, 5) is 48.4. The summed E-state index contributed by atoms with van der Waals surface area (Å²) in [7, 11) is 0. The third-order valence-corrected chi connectivity index (χ3v) is 3.68. The van der Waals surface area contributed by atoms with Crippen LogP contribution in [0.2, 0.25) is 0 Å². The summed E-state index contributed by atoms with van der Waals surface area (Å²) in [5.41, 5.74) is -0.290. The molecule has 0 saturated heterocycles. The lowest BCUT2D eigenvalue weighted by molar-refractivity contribution is -0.149. The van der Waals surface area contributed by atoms with Crippen molar-refractivity contribution in [3.8, 4) is 0 Å². The Bertz CT molecular complexity index is 857. The zero-order chi connectivity index (χ0) is 18.9. The first-order valence-corrected chi connectivity index (χ1v) is 8.29. The molecule has 0 aliphatic rings. The van der Waals surface area contributed by atoms with E-state index in [2.05, 4.69) is 5.32 Å². The number of carbonyl (C=O) groups is 2. The maximum absolute atomic E-state index is 12.1. The molecule has 0 radical (unpaired) electrons. The second kappa shape index (κ2) is 9.36. The number of esters is 1. The molecule has 1 aromatic carbocycles. The summed E-state index contributed by atoms with van der Waals surface area (Å²) in [5.74, 6) is -1.17. The van der Waals surface area contributed by atoms with E-state index < -0.39 is 29.7 Å². The highest BCUT2D eigenvalue weighted by Gasteiger charge is 2.15. The van der Waals surface area contributed by atoms with Gasteiger partial charge < -0.3 is 10.1 Å². The van der Waals surface area contributed by atoms with Crippen molar-refractivity contribution >= 4 is 11.9 Å². The lowest BCUT2D eigenvalue weighted by Gasteiger charge is -2.18. The highest BCUT2D eigenvalue weighted by molar-refractivity contribution is 5.80. The maximum atomic E-state index is 12.1. The molecule has 1 heterocycles. The molecule has 0 unspecified atom stereocenters. The van der Waals surface area contributed by atoms with Crippen LogP contribution in [0.4, 0.5) is 0 Å². The van der Waals surface area contributed by atoms with Crippen molar-refractivity contribution in [2.24, 2.45) is 0 Å². The Morgan fingerprint density at radius 3 is 2.58 bits per heavy atom. The molecule has 0 aliphatic carbocycles. The van der Waals surface area contributed by atoms with E-state index in [1.54, 1.807) is 0 Å². The van der Waals surface area contributed by atoms with Gasteiger partial charge in [-0.25, -0.2) is 4.79 Å². The molecule has 2 rings (SSSR count). The molecule has 138 valence electrons. The molecular formula is C18H21N3O5. The predicted molar refractivity (Wildman–Crippen MR) is 94.5 cm³/mol. The summed E-state index contributed by atoms with van der Waals surface area (Å²) in [6.45, 7) is 1.19. The van der Waals surface area contributed by atoms with Crippen molar-refractivity contribution in [2.45, 2.75) is 32.4 Å². The summed E-state index contributed by atoms with van der Waals surface area (Å²) in [5, 5.41) is 2.84. The topological polar surface area (TPSA) is 110 Å². The molecule has 1 atom stereocenters. The number of aromatic amines is 1. The van der Waals surface area contributed by atoms with Crippen LogP contribution in [0.1, 0.15) is 31.4 Å².